The standard InChI is InChI=1S/C24H28N4O2/c1-16(2)14-21(28-15-17-8-4-5-9-18(17)24(28)30)23(29)25-13-12-22-26-19-10-6-7-11-20(19)27(22)3/h4-11,16,21H,12-15H2,1-3H3,(H,25,29). The van der Waals surface area contributed by atoms with Crippen molar-refractivity contribution in [2.45, 2.75) is 39.3 Å². The molecule has 2 amide bonds. The first-order chi connectivity index (χ1) is 14.5. The maximum atomic E-state index is 13.1. The summed E-state index contributed by atoms with van der Waals surface area (Å²) in [4.78, 5) is 32.4. The van der Waals surface area contributed by atoms with E-state index in [1.807, 2.05) is 55.6 Å². The van der Waals surface area contributed by atoms with Crippen molar-refractivity contribution in [3.8, 4) is 0 Å². The second-order valence-electron chi connectivity index (χ2n) is 8.35. The third kappa shape index (κ3) is 3.82. The summed E-state index contributed by atoms with van der Waals surface area (Å²) in [5, 5.41) is 3.05. The van der Waals surface area contributed by atoms with Crippen LogP contribution in [0.3, 0.4) is 0 Å². The molecule has 2 heterocycles. The number of fused-ring (bicyclic) bond motifs is 2. The highest BCUT2D eigenvalue weighted by Crippen LogP contribution is 2.26. The summed E-state index contributed by atoms with van der Waals surface area (Å²) in [7, 11) is 1.99. The smallest absolute Gasteiger partial charge is 0.255 e. The molecular weight excluding hydrogens is 376 g/mol. The SMILES string of the molecule is CC(C)CC(C(=O)NCCc1nc2ccccc2n1C)N1Cc2ccccc2C1=O. The molecule has 0 fully saturated rings. The second kappa shape index (κ2) is 8.30. The Bertz CT molecular complexity index is 1090. The van der Waals surface area contributed by atoms with Crippen molar-refractivity contribution in [3.63, 3.8) is 0 Å². The van der Waals surface area contributed by atoms with Crippen LogP contribution in [0.2, 0.25) is 0 Å². The zero-order valence-corrected chi connectivity index (χ0v) is 17.8. The Kier molecular flexibility index (Phi) is 5.57. The van der Waals surface area contributed by atoms with Crippen LogP contribution in [0.1, 0.15) is 42.0 Å². The molecule has 156 valence electrons. The normalized spacial score (nSPS) is 14.4. The Morgan fingerprint density at radius 3 is 2.60 bits per heavy atom. The molecule has 2 aromatic carbocycles. The van der Waals surface area contributed by atoms with Gasteiger partial charge in [-0.3, -0.25) is 9.59 Å². The fourth-order valence-electron chi connectivity index (χ4n) is 4.19. The van der Waals surface area contributed by atoms with E-state index >= 15 is 0 Å². The number of aryl methyl sites for hydroxylation is 1. The predicted octanol–water partition coefficient (Wildman–Crippen LogP) is 3.30. The third-order valence-electron chi connectivity index (χ3n) is 5.75. The van der Waals surface area contributed by atoms with Gasteiger partial charge in [0.25, 0.3) is 5.91 Å². The first kappa shape index (κ1) is 20.1. The minimum Gasteiger partial charge on any atom is -0.354 e. The zero-order chi connectivity index (χ0) is 21.3. The molecule has 30 heavy (non-hydrogen) atoms. The molecular formula is C24H28N4O2. The van der Waals surface area contributed by atoms with Crippen molar-refractivity contribution in [1.82, 2.24) is 19.8 Å². The van der Waals surface area contributed by atoms with Crippen molar-refractivity contribution in [1.29, 1.82) is 0 Å². The molecule has 3 aromatic rings. The van der Waals surface area contributed by atoms with Gasteiger partial charge in [-0.15, -0.1) is 0 Å². The molecule has 1 aliphatic rings. The summed E-state index contributed by atoms with van der Waals surface area (Å²) in [5.41, 5.74) is 3.74. The van der Waals surface area contributed by atoms with Gasteiger partial charge in [-0.1, -0.05) is 44.2 Å². The van der Waals surface area contributed by atoms with Crippen LogP contribution >= 0.6 is 0 Å². The Balaban J connectivity index is 1.44. The number of hydrogen-bond donors (Lipinski definition) is 1. The third-order valence-corrected chi connectivity index (χ3v) is 5.75. The average molecular weight is 405 g/mol. The lowest BCUT2D eigenvalue weighted by Gasteiger charge is -2.28. The molecule has 1 atom stereocenters. The number of rotatable bonds is 7. The summed E-state index contributed by atoms with van der Waals surface area (Å²) in [6, 6.07) is 15.1. The summed E-state index contributed by atoms with van der Waals surface area (Å²) < 4.78 is 2.06. The van der Waals surface area contributed by atoms with Gasteiger partial charge in [-0.25, -0.2) is 4.98 Å². The van der Waals surface area contributed by atoms with Gasteiger partial charge >= 0.3 is 0 Å². The van der Waals surface area contributed by atoms with Gasteiger partial charge in [-0.2, -0.15) is 0 Å². The highest BCUT2D eigenvalue weighted by atomic mass is 16.2. The number of carbonyl (C=O) groups excluding carboxylic acids is 2. The lowest BCUT2D eigenvalue weighted by molar-refractivity contribution is -0.126. The fraction of sp³-hybridized carbons (Fsp3) is 0.375. The van der Waals surface area contributed by atoms with E-state index in [2.05, 4.69) is 28.7 Å². The summed E-state index contributed by atoms with van der Waals surface area (Å²) in [6.45, 7) is 5.13. The van der Waals surface area contributed by atoms with E-state index in [1.165, 1.54) is 0 Å². The molecule has 4 rings (SSSR count). The van der Waals surface area contributed by atoms with E-state index in [4.69, 9.17) is 0 Å². The maximum Gasteiger partial charge on any atom is 0.255 e. The second-order valence-corrected chi connectivity index (χ2v) is 8.35. The number of nitrogens with zero attached hydrogens (tertiary/aromatic N) is 3. The molecule has 0 saturated carbocycles. The molecule has 1 aromatic heterocycles. The molecule has 1 unspecified atom stereocenters. The summed E-state index contributed by atoms with van der Waals surface area (Å²) in [5.74, 6) is 1.09. The van der Waals surface area contributed by atoms with Crippen molar-refractivity contribution in [2.75, 3.05) is 6.54 Å². The highest BCUT2D eigenvalue weighted by Gasteiger charge is 2.36. The molecule has 0 aliphatic carbocycles. The molecule has 6 nitrogen and oxygen atoms in total. The van der Waals surface area contributed by atoms with Gasteiger partial charge in [0.15, 0.2) is 0 Å². The molecule has 1 aliphatic heterocycles. The van der Waals surface area contributed by atoms with E-state index in [-0.39, 0.29) is 11.8 Å². The van der Waals surface area contributed by atoms with Crippen LogP contribution in [0.15, 0.2) is 48.5 Å². The number of imidazole rings is 1. The van der Waals surface area contributed by atoms with Gasteiger partial charge in [0.2, 0.25) is 5.91 Å². The van der Waals surface area contributed by atoms with Crippen LogP contribution in [0.5, 0.6) is 0 Å². The number of benzene rings is 2. The highest BCUT2D eigenvalue weighted by molar-refractivity contribution is 6.01. The minimum atomic E-state index is -0.467. The van der Waals surface area contributed by atoms with Crippen LogP contribution in [0, 0.1) is 5.92 Å². The molecule has 6 heteroatoms. The monoisotopic (exact) mass is 404 g/mol. The quantitative estimate of drug-likeness (QED) is 0.657. The topological polar surface area (TPSA) is 67.2 Å². The van der Waals surface area contributed by atoms with Gasteiger partial charge in [0.1, 0.15) is 11.9 Å². The number of nitrogens with one attached hydrogen (secondary N) is 1. The minimum absolute atomic E-state index is 0.0539. The average Bonchev–Trinajstić information content (AvgIpc) is 3.23. The van der Waals surface area contributed by atoms with E-state index in [0.717, 1.165) is 22.4 Å². The van der Waals surface area contributed by atoms with E-state index in [9.17, 15) is 9.59 Å². The molecule has 0 spiro atoms. The van der Waals surface area contributed by atoms with Crippen LogP contribution in [-0.4, -0.2) is 38.9 Å². The van der Waals surface area contributed by atoms with Gasteiger partial charge < -0.3 is 14.8 Å². The Morgan fingerprint density at radius 1 is 1.13 bits per heavy atom. The predicted molar refractivity (Wildman–Crippen MR) is 117 cm³/mol. The lowest BCUT2D eigenvalue weighted by Crippen LogP contribution is -2.48. The van der Waals surface area contributed by atoms with Crippen LogP contribution in [0.4, 0.5) is 0 Å². The number of aromatic nitrogens is 2. The van der Waals surface area contributed by atoms with Crippen molar-refractivity contribution in [3.05, 3.63) is 65.5 Å². The van der Waals surface area contributed by atoms with Crippen LogP contribution < -0.4 is 5.32 Å². The van der Waals surface area contributed by atoms with Gasteiger partial charge in [-0.05, 0) is 36.1 Å². The molecule has 0 bridgehead atoms. The summed E-state index contributed by atoms with van der Waals surface area (Å²) in [6.07, 6.45) is 1.28. The first-order valence-corrected chi connectivity index (χ1v) is 10.5. The first-order valence-electron chi connectivity index (χ1n) is 10.5. The fourth-order valence-corrected chi connectivity index (χ4v) is 4.19. The Morgan fingerprint density at radius 2 is 1.87 bits per heavy atom. The van der Waals surface area contributed by atoms with E-state index < -0.39 is 6.04 Å². The van der Waals surface area contributed by atoms with E-state index in [0.29, 0.717) is 37.4 Å². The number of carbonyl (C=O) groups is 2. The maximum absolute atomic E-state index is 13.1. The zero-order valence-electron chi connectivity index (χ0n) is 17.8. The van der Waals surface area contributed by atoms with Crippen molar-refractivity contribution in [2.24, 2.45) is 13.0 Å². The summed E-state index contributed by atoms with van der Waals surface area (Å²) >= 11 is 0. The van der Waals surface area contributed by atoms with Crippen LogP contribution in [-0.2, 0) is 24.8 Å². The van der Waals surface area contributed by atoms with Crippen molar-refractivity contribution >= 4 is 22.8 Å². The number of amides is 2. The molecule has 1 N–H and O–H groups in total. The van der Waals surface area contributed by atoms with Crippen LogP contribution in [0.25, 0.3) is 11.0 Å². The Labute approximate surface area is 176 Å². The molecule has 0 saturated heterocycles. The largest absolute Gasteiger partial charge is 0.354 e. The van der Waals surface area contributed by atoms with E-state index in [1.54, 1.807) is 4.90 Å². The van der Waals surface area contributed by atoms with Gasteiger partial charge in [0.05, 0.1) is 11.0 Å². The Hall–Kier alpha value is -3.15. The van der Waals surface area contributed by atoms with Gasteiger partial charge in [0, 0.05) is 32.1 Å². The number of hydrogen-bond acceptors (Lipinski definition) is 3. The number of para-hydroxylation sites is 2. The molecule has 0 radical (unpaired) electrons. The lowest BCUT2D eigenvalue weighted by atomic mass is 10.0. The van der Waals surface area contributed by atoms with Crippen molar-refractivity contribution < 1.29 is 9.59 Å².